The molecule has 0 unspecified atom stereocenters. The van der Waals surface area contributed by atoms with Crippen LogP contribution in [-0.2, 0) is 7.05 Å². The summed E-state index contributed by atoms with van der Waals surface area (Å²) in [6, 6.07) is 1.49. The Morgan fingerprint density at radius 2 is 2.20 bits per heavy atom. The smallest absolute Gasteiger partial charge is 0.352 e. The standard InChI is InChI=1S/C10H10ClNO3/c1-12-8(10(14)15)6(5-2-3-5)4-7(11)9(12)13/h4-5H,2-3H2,1H3,(H,14,15). The lowest BCUT2D eigenvalue weighted by atomic mass is 10.1. The van der Waals surface area contributed by atoms with E-state index in [9.17, 15) is 9.59 Å². The molecule has 0 aliphatic heterocycles. The van der Waals surface area contributed by atoms with E-state index in [1.807, 2.05) is 0 Å². The van der Waals surface area contributed by atoms with Gasteiger partial charge < -0.3 is 9.67 Å². The molecule has 0 saturated heterocycles. The molecule has 15 heavy (non-hydrogen) atoms. The molecule has 0 bridgehead atoms. The van der Waals surface area contributed by atoms with Crippen molar-refractivity contribution in [2.75, 3.05) is 0 Å². The molecule has 4 nitrogen and oxygen atoms in total. The van der Waals surface area contributed by atoms with Crippen LogP contribution in [0.4, 0.5) is 0 Å². The Bertz CT molecular complexity index is 488. The highest BCUT2D eigenvalue weighted by atomic mass is 35.5. The van der Waals surface area contributed by atoms with Crippen molar-refractivity contribution in [3.8, 4) is 0 Å². The molecule has 1 N–H and O–H groups in total. The molecule has 1 aliphatic carbocycles. The summed E-state index contributed by atoms with van der Waals surface area (Å²) in [5.74, 6) is -0.825. The lowest BCUT2D eigenvalue weighted by Gasteiger charge is -2.10. The summed E-state index contributed by atoms with van der Waals surface area (Å²) < 4.78 is 1.11. The van der Waals surface area contributed by atoms with Crippen molar-refractivity contribution in [1.29, 1.82) is 0 Å². The van der Waals surface area contributed by atoms with Gasteiger partial charge in [0, 0.05) is 7.05 Å². The molecule has 5 heteroatoms. The quantitative estimate of drug-likeness (QED) is 0.835. The number of nitrogens with zero attached hydrogens (tertiary/aromatic N) is 1. The largest absolute Gasteiger partial charge is 0.477 e. The zero-order valence-corrected chi connectivity index (χ0v) is 8.91. The van der Waals surface area contributed by atoms with Gasteiger partial charge in [0.2, 0.25) is 0 Å². The SMILES string of the molecule is Cn1c(C(=O)O)c(C2CC2)cc(Cl)c1=O. The molecule has 1 aromatic rings. The first-order valence-electron chi connectivity index (χ1n) is 4.65. The lowest BCUT2D eigenvalue weighted by Crippen LogP contribution is -2.25. The zero-order valence-electron chi connectivity index (χ0n) is 8.16. The van der Waals surface area contributed by atoms with Crippen LogP contribution >= 0.6 is 11.6 Å². The van der Waals surface area contributed by atoms with E-state index in [1.54, 1.807) is 0 Å². The lowest BCUT2D eigenvalue weighted by molar-refractivity contribution is 0.0683. The van der Waals surface area contributed by atoms with Gasteiger partial charge in [-0.3, -0.25) is 4.79 Å². The first kappa shape index (κ1) is 10.2. The summed E-state index contributed by atoms with van der Waals surface area (Å²) >= 11 is 5.74. The molecule has 0 aromatic carbocycles. The van der Waals surface area contributed by atoms with Crippen molar-refractivity contribution < 1.29 is 9.90 Å². The van der Waals surface area contributed by atoms with E-state index in [1.165, 1.54) is 13.1 Å². The van der Waals surface area contributed by atoms with E-state index in [0.29, 0.717) is 5.56 Å². The third kappa shape index (κ3) is 1.65. The summed E-state index contributed by atoms with van der Waals surface area (Å²) in [6.45, 7) is 0. The second-order valence-corrected chi connectivity index (χ2v) is 4.15. The fraction of sp³-hybridized carbons (Fsp3) is 0.400. The maximum absolute atomic E-state index is 11.5. The van der Waals surface area contributed by atoms with Gasteiger partial charge in [0.25, 0.3) is 5.56 Å². The van der Waals surface area contributed by atoms with Gasteiger partial charge in [0.05, 0.1) is 0 Å². The maximum Gasteiger partial charge on any atom is 0.352 e. The molecule has 2 rings (SSSR count). The Morgan fingerprint density at radius 1 is 1.60 bits per heavy atom. The Kier molecular flexibility index (Phi) is 2.31. The van der Waals surface area contributed by atoms with Crippen LogP contribution in [0.5, 0.6) is 0 Å². The van der Waals surface area contributed by atoms with Crippen molar-refractivity contribution in [3.63, 3.8) is 0 Å². The minimum absolute atomic E-state index is 0.0619. The highest BCUT2D eigenvalue weighted by Crippen LogP contribution is 2.41. The number of aromatic nitrogens is 1. The molecule has 80 valence electrons. The predicted octanol–water partition coefficient (Wildman–Crippen LogP) is 1.61. The molecular weight excluding hydrogens is 218 g/mol. The van der Waals surface area contributed by atoms with E-state index in [4.69, 9.17) is 16.7 Å². The topological polar surface area (TPSA) is 59.3 Å². The number of hydrogen-bond donors (Lipinski definition) is 1. The van der Waals surface area contributed by atoms with E-state index in [0.717, 1.165) is 17.4 Å². The predicted molar refractivity (Wildman–Crippen MR) is 55.6 cm³/mol. The summed E-state index contributed by atoms with van der Waals surface area (Å²) in [5, 5.41) is 9.12. The number of carboxylic acids is 1. The summed E-state index contributed by atoms with van der Waals surface area (Å²) in [7, 11) is 1.43. The van der Waals surface area contributed by atoms with Gasteiger partial charge in [-0.05, 0) is 30.4 Å². The number of carboxylic acid groups (broad SMARTS) is 1. The van der Waals surface area contributed by atoms with E-state index in [2.05, 4.69) is 0 Å². The van der Waals surface area contributed by atoms with Crippen LogP contribution in [-0.4, -0.2) is 15.6 Å². The van der Waals surface area contributed by atoms with Crippen LogP contribution in [0.3, 0.4) is 0 Å². The molecule has 1 aromatic heterocycles. The summed E-state index contributed by atoms with van der Waals surface area (Å²) in [6.07, 6.45) is 1.93. The average molecular weight is 228 g/mol. The van der Waals surface area contributed by atoms with Crippen LogP contribution in [0.1, 0.15) is 34.8 Å². The number of rotatable bonds is 2. The van der Waals surface area contributed by atoms with E-state index >= 15 is 0 Å². The first-order chi connectivity index (χ1) is 7.02. The zero-order chi connectivity index (χ0) is 11.2. The van der Waals surface area contributed by atoms with Crippen LogP contribution in [0.15, 0.2) is 10.9 Å². The van der Waals surface area contributed by atoms with Gasteiger partial charge in [-0.1, -0.05) is 11.6 Å². The molecule has 0 atom stereocenters. The van der Waals surface area contributed by atoms with E-state index in [-0.39, 0.29) is 16.6 Å². The Morgan fingerprint density at radius 3 is 2.67 bits per heavy atom. The van der Waals surface area contributed by atoms with Gasteiger partial charge in [-0.15, -0.1) is 0 Å². The summed E-state index contributed by atoms with van der Waals surface area (Å²) in [5.41, 5.74) is 0.278. The number of pyridine rings is 1. The second-order valence-electron chi connectivity index (χ2n) is 3.74. The first-order valence-corrected chi connectivity index (χ1v) is 5.03. The fourth-order valence-electron chi connectivity index (χ4n) is 1.69. The molecule has 1 aliphatic rings. The van der Waals surface area contributed by atoms with Gasteiger partial charge in [-0.25, -0.2) is 4.79 Å². The van der Waals surface area contributed by atoms with Crippen molar-refractivity contribution >= 4 is 17.6 Å². The van der Waals surface area contributed by atoms with Gasteiger partial charge in [0.15, 0.2) is 0 Å². The maximum atomic E-state index is 11.5. The van der Waals surface area contributed by atoms with Crippen LogP contribution < -0.4 is 5.56 Å². The molecule has 0 amide bonds. The number of halogens is 1. The fourth-order valence-corrected chi connectivity index (χ4v) is 1.94. The minimum atomic E-state index is -1.08. The third-order valence-electron chi connectivity index (χ3n) is 2.62. The Balaban J connectivity index is 2.72. The monoisotopic (exact) mass is 227 g/mol. The van der Waals surface area contributed by atoms with Crippen molar-refractivity contribution in [2.45, 2.75) is 18.8 Å². The number of aromatic carboxylic acids is 1. The highest BCUT2D eigenvalue weighted by Gasteiger charge is 2.30. The molecular formula is C10H10ClNO3. The van der Waals surface area contributed by atoms with Crippen LogP contribution in [0.25, 0.3) is 0 Å². The van der Waals surface area contributed by atoms with Crippen molar-refractivity contribution in [2.24, 2.45) is 7.05 Å². The molecule has 1 fully saturated rings. The summed E-state index contributed by atoms with van der Waals surface area (Å²) in [4.78, 5) is 22.5. The Labute approximate surface area is 91.1 Å². The van der Waals surface area contributed by atoms with Crippen molar-refractivity contribution in [3.05, 3.63) is 32.7 Å². The van der Waals surface area contributed by atoms with Gasteiger partial charge >= 0.3 is 5.97 Å². The van der Waals surface area contributed by atoms with Gasteiger partial charge in [0.1, 0.15) is 10.7 Å². The minimum Gasteiger partial charge on any atom is -0.477 e. The third-order valence-corrected chi connectivity index (χ3v) is 2.89. The van der Waals surface area contributed by atoms with Crippen molar-refractivity contribution in [1.82, 2.24) is 4.57 Å². The van der Waals surface area contributed by atoms with Crippen LogP contribution in [0, 0.1) is 0 Å². The van der Waals surface area contributed by atoms with E-state index < -0.39 is 11.5 Å². The van der Waals surface area contributed by atoms with Crippen LogP contribution in [0.2, 0.25) is 5.02 Å². The Hall–Kier alpha value is -1.29. The number of hydrogen-bond acceptors (Lipinski definition) is 2. The van der Waals surface area contributed by atoms with Gasteiger partial charge in [-0.2, -0.15) is 0 Å². The normalized spacial score (nSPS) is 15.3. The molecule has 1 heterocycles. The highest BCUT2D eigenvalue weighted by molar-refractivity contribution is 6.30. The second kappa shape index (κ2) is 3.38. The molecule has 0 spiro atoms. The molecule has 1 saturated carbocycles. The molecule has 0 radical (unpaired) electrons. The number of carbonyl (C=O) groups is 1. The average Bonchev–Trinajstić information content (AvgIpc) is 2.95.